The van der Waals surface area contributed by atoms with Gasteiger partial charge in [-0.3, -0.25) is 0 Å². The first-order valence-electron chi connectivity index (χ1n) is 11.4. The summed E-state index contributed by atoms with van der Waals surface area (Å²) in [7, 11) is 0. The van der Waals surface area contributed by atoms with Crippen LogP contribution in [-0.2, 0) is 0 Å². The van der Waals surface area contributed by atoms with Gasteiger partial charge in [0.25, 0.3) is 0 Å². The number of benzene rings is 3. The fourth-order valence-electron chi connectivity index (χ4n) is 4.36. The van der Waals surface area contributed by atoms with Crippen LogP contribution in [0, 0.1) is 0 Å². The molecule has 3 aromatic rings. The predicted molar refractivity (Wildman–Crippen MR) is 131 cm³/mol. The minimum atomic E-state index is -2.46. The van der Waals surface area contributed by atoms with E-state index in [4.69, 9.17) is 0 Å². The number of hydrogen-bond acceptors (Lipinski definition) is 0. The number of unbranched alkanes of at least 4 members (excludes halogenated alkanes) is 7. The molecule has 0 aliphatic rings. The van der Waals surface area contributed by atoms with Crippen molar-refractivity contribution in [2.45, 2.75) is 63.5 Å². The summed E-state index contributed by atoms with van der Waals surface area (Å²) in [6.07, 6.45) is 11.0. The molecule has 0 radical (unpaired) electrons. The summed E-state index contributed by atoms with van der Waals surface area (Å²) in [5.74, 6) is 0. The zero-order chi connectivity index (χ0) is 20.2. The molecule has 0 saturated heterocycles. The summed E-state index contributed by atoms with van der Waals surface area (Å²) >= 11 is -2.46. The molecular weight excluding hydrogens is 411 g/mol. The Morgan fingerprint density at radius 1 is 0.448 bits per heavy atom. The molecule has 0 heterocycles. The van der Waals surface area contributed by atoms with Crippen LogP contribution in [0.15, 0.2) is 91.0 Å². The van der Waals surface area contributed by atoms with E-state index < -0.39 is 13.6 Å². The van der Waals surface area contributed by atoms with E-state index in [9.17, 15) is 0 Å². The van der Waals surface area contributed by atoms with Crippen LogP contribution in [-0.4, -0.2) is 13.6 Å². The van der Waals surface area contributed by atoms with Crippen molar-refractivity contribution in [3.05, 3.63) is 91.0 Å². The molecule has 152 valence electrons. The van der Waals surface area contributed by atoms with Crippen LogP contribution < -0.4 is 13.1 Å². The zero-order valence-electron chi connectivity index (χ0n) is 18.0. The van der Waals surface area contributed by atoms with Crippen molar-refractivity contribution >= 4 is 26.6 Å². The summed E-state index contributed by atoms with van der Waals surface area (Å²) < 4.78 is 4.72. The second-order valence-corrected chi connectivity index (χ2v) is 15.6. The van der Waals surface area contributed by atoms with Gasteiger partial charge in [-0.1, -0.05) is 0 Å². The predicted octanol–water partition coefficient (Wildman–Crippen LogP) is 6.30. The average molecular weight is 448 g/mol. The molecule has 0 N–H and O–H groups in total. The van der Waals surface area contributed by atoms with Crippen molar-refractivity contribution in [3.8, 4) is 0 Å². The Labute approximate surface area is 180 Å². The van der Waals surface area contributed by atoms with Crippen LogP contribution in [0.2, 0.25) is 5.21 Å². The second-order valence-electron chi connectivity index (χ2n) is 8.01. The Morgan fingerprint density at radius 2 is 0.793 bits per heavy atom. The van der Waals surface area contributed by atoms with Gasteiger partial charge in [0.1, 0.15) is 0 Å². The first-order chi connectivity index (χ1) is 14.4. The van der Waals surface area contributed by atoms with E-state index in [-0.39, 0.29) is 0 Å². The molecule has 0 saturated carbocycles. The average Bonchev–Trinajstić information content (AvgIpc) is 2.80. The normalized spacial score (nSPS) is 11.5. The molecule has 0 aromatic heterocycles. The van der Waals surface area contributed by atoms with Crippen LogP contribution >= 0.6 is 0 Å². The Kier molecular flexibility index (Phi) is 9.10. The van der Waals surface area contributed by atoms with Crippen molar-refractivity contribution in [1.29, 1.82) is 0 Å². The van der Waals surface area contributed by atoms with Gasteiger partial charge in [-0.25, -0.2) is 0 Å². The van der Waals surface area contributed by atoms with E-state index in [1.54, 1.807) is 13.1 Å². The van der Waals surface area contributed by atoms with Crippen molar-refractivity contribution in [2.75, 3.05) is 0 Å². The quantitative estimate of drug-likeness (QED) is 0.226. The van der Waals surface area contributed by atoms with Crippen molar-refractivity contribution in [2.24, 2.45) is 0 Å². The van der Waals surface area contributed by atoms with Crippen LogP contribution in [0.25, 0.3) is 0 Å². The fourth-order valence-corrected chi connectivity index (χ4v) is 13.6. The number of rotatable bonds is 12. The van der Waals surface area contributed by atoms with Crippen LogP contribution in [0.4, 0.5) is 0 Å². The van der Waals surface area contributed by atoms with Gasteiger partial charge < -0.3 is 0 Å². The van der Waals surface area contributed by atoms with Crippen molar-refractivity contribution < 1.29 is 0 Å². The molecule has 0 aliphatic carbocycles. The van der Waals surface area contributed by atoms with Gasteiger partial charge in [0.2, 0.25) is 0 Å². The van der Waals surface area contributed by atoms with E-state index in [2.05, 4.69) is 97.9 Å². The van der Waals surface area contributed by atoms with Gasteiger partial charge in [-0.2, -0.15) is 0 Å². The third-order valence-electron chi connectivity index (χ3n) is 5.94. The first-order valence-corrected chi connectivity index (χ1v) is 15.6. The summed E-state index contributed by atoms with van der Waals surface area (Å²) in [5.41, 5.74) is 0. The van der Waals surface area contributed by atoms with E-state index in [1.807, 2.05) is 0 Å². The molecule has 1 heteroatoms. The third kappa shape index (κ3) is 5.86. The standard InChI is InChI=1S/C28H36As/c1-2-3-4-5-6-7-8-18-25-29(26-19-12-9-13-20-26,27-21-14-10-15-22-27)28-23-16-11-17-24-28/h9-17,19-24H,2-8,18,25H2,1H3/q+1. The number of hydrogen-bond donors (Lipinski definition) is 0. The van der Waals surface area contributed by atoms with Crippen LogP contribution in [0.1, 0.15) is 58.3 Å². The monoisotopic (exact) mass is 447 g/mol. The summed E-state index contributed by atoms with van der Waals surface area (Å²) in [6.45, 7) is 2.29. The topological polar surface area (TPSA) is 0 Å². The SMILES string of the molecule is CCCCCCCCCC[As+](c1ccccc1)(c1ccccc1)c1ccccc1. The van der Waals surface area contributed by atoms with Gasteiger partial charge in [0.15, 0.2) is 0 Å². The zero-order valence-corrected chi connectivity index (χ0v) is 19.8. The molecule has 0 nitrogen and oxygen atoms in total. The Balaban J connectivity index is 1.83. The van der Waals surface area contributed by atoms with Gasteiger partial charge >= 0.3 is 181 Å². The van der Waals surface area contributed by atoms with E-state index in [0.29, 0.717) is 0 Å². The van der Waals surface area contributed by atoms with E-state index in [1.165, 1.54) is 56.6 Å². The molecule has 0 unspecified atom stereocenters. The minimum absolute atomic E-state index is 1.32. The van der Waals surface area contributed by atoms with Gasteiger partial charge in [-0.15, -0.1) is 0 Å². The molecule has 0 spiro atoms. The Morgan fingerprint density at radius 3 is 1.17 bits per heavy atom. The van der Waals surface area contributed by atoms with E-state index in [0.717, 1.165) is 0 Å². The Hall–Kier alpha value is -1.78. The van der Waals surface area contributed by atoms with Gasteiger partial charge in [0, 0.05) is 0 Å². The Bertz CT molecular complexity index is 699. The summed E-state index contributed by atoms with van der Waals surface area (Å²) in [4.78, 5) is 0. The molecule has 3 rings (SSSR count). The molecule has 29 heavy (non-hydrogen) atoms. The second kappa shape index (κ2) is 12.0. The molecular formula is C28H36As+. The third-order valence-corrected chi connectivity index (χ3v) is 15.4. The molecule has 0 bridgehead atoms. The maximum atomic E-state index is 2.39. The molecule has 0 amide bonds. The van der Waals surface area contributed by atoms with Crippen LogP contribution in [0.5, 0.6) is 0 Å². The summed E-state index contributed by atoms with van der Waals surface area (Å²) in [6, 6.07) is 34.1. The maximum absolute atomic E-state index is 2.46. The van der Waals surface area contributed by atoms with Crippen molar-refractivity contribution in [3.63, 3.8) is 0 Å². The van der Waals surface area contributed by atoms with Crippen molar-refractivity contribution in [1.82, 2.24) is 0 Å². The molecule has 0 fully saturated rings. The summed E-state index contributed by atoms with van der Waals surface area (Å²) in [5, 5.41) is 1.32. The van der Waals surface area contributed by atoms with Gasteiger partial charge in [0.05, 0.1) is 0 Å². The van der Waals surface area contributed by atoms with E-state index >= 15 is 0 Å². The van der Waals surface area contributed by atoms with Gasteiger partial charge in [-0.05, 0) is 0 Å². The first kappa shape index (κ1) is 21.9. The molecule has 3 aromatic carbocycles. The van der Waals surface area contributed by atoms with Crippen LogP contribution in [0.3, 0.4) is 0 Å². The fraction of sp³-hybridized carbons (Fsp3) is 0.357. The molecule has 0 atom stereocenters. The molecule has 0 aliphatic heterocycles.